The summed E-state index contributed by atoms with van der Waals surface area (Å²) in [5, 5.41) is 13.0. The maximum absolute atomic E-state index is 12.7. The first-order valence-electron chi connectivity index (χ1n) is 8.72. The molecule has 0 N–H and O–H groups in total. The highest BCUT2D eigenvalue weighted by Crippen LogP contribution is 2.25. The van der Waals surface area contributed by atoms with Gasteiger partial charge in [0.1, 0.15) is 5.69 Å². The molecule has 26 heavy (non-hydrogen) atoms. The molecule has 0 saturated carbocycles. The topological polar surface area (TPSA) is 90.4 Å². The van der Waals surface area contributed by atoms with Gasteiger partial charge in [0, 0.05) is 37.7 Å². The molecule has 1 unspecified atom stereocenters. The zero-order chi connectivity index (χ0) is 18.1. The quantitative estimate of drug-likeness (QED) is 0.845. The summed E-state index contributed by atoms with van der Waals surface area (Å²) in [7, 11) is 0. The van der Waals surface area contributed by atoms with Crippen molar-refractivity contribution in [3.05, 3.63) is 41.7 Å². The van der Waals surface area contributed by atoms with E-state index in [4.69, 9.17) is 9.78 Å². The molecule has 1 aromatic carbocycles. The molecule has 132 valence electrons. The lowest BCUT2D eigenvalue weighted by Crippen LogP contribution is -2.39. The van der Waals surface area contributed by atoms with Crippen LogP contribution < -0.4 is 0 Å². The van der Waals surface area contributed by atoms with E-state index in [0.717, 1.165) is 24.9 Å². The minimum atomic E-state index is -0.214. The van der Waals surface area contributed by atoms with Crippen LogP contribution in [0.2, 0.25) is 0 Å². The smallest absolute Gasteiger partial charge is 0.292 e. The molecule has 0 radical (unpaired) electrons. The van der Waals surface area contributed by atoms with Gasteiger partial charge < -0.3 is 14.3 Å². The van der Waals surface area contributed by atoms with E-state index in [-0.39, 0.29) is 23.6 Å². The van der Waals surface area contributed by atoms with Gasteiger partial charge in [-0.25, -0.2) is 0 Å². The second-order valence-electron chi connectivity index (χ2n) is 6.65. The van der Waals surface area contributed by atoms with Crippen LogP contribution in [0.25, 0.3) is 11.3 Å². The zero-order valence-corrected chi connectivity index (χ0v) is 14.2. The van der Waals surface area contributed by atoms with Gasteiger partial charge in [-0.2, -0.15) is 5.26 Å². The first-order chi connectivity index (χ1) is 12.7. The molecule has 2 aliphatic rings. The molecule has 1 aromatic heterocycles. The lowest BCUT2D eigenvalue weighted by molar-refractivity contribution is -0.129. The number of carbonyl (C=O) groups excluding carboxylic acids is 2. The Bertz CT molecular complexity index is 898. The minimum Gasteiger partial charge on any atom is -0.350 e. The molecule has 0 spiro atoms. The van der Waals surface area contributed by atoms with Crippen molar-refractivity contribution in [3.63, 3.8) is 0 Å². The molecule has 7 heteroatoms. The molecule has 1 atom stereocenters. The average molecular weight is 350 g/mol. The number of nitrogens with zero attached hydrogens (tertiary/aromatic N) is 4. The van der Waals surface area contributed by atoms with Gasteiger partial charge in [0.15, 0.2) is 0 Å². The third kappa shape index (κ3) is 2.94. The maximum Gasteiger partial charge on any atom is 0.292 e. The Morgan fingerprint density at radius 2 is 2.19 bits per heavy atom. The van der Waals surface area contributed by atoms with Gasteiger partial charge in [-0.1, -0.05) is 17.3 Å². The van der Waals surface area contributed by atoms with Crippen molar-refractivity contribution in [2.75, 3.05) is 19.6 Å². The van der Waals surface area contributed by atoms with Crippen LogP contribution in [0.3, 0.4) is 0 Å². The molecular formula is C19H18N4O3. The Labute approximate surface area is 150 Å². The van der Waals surface area contributed by atoms with E-state index in [1.165, 1.54) is 0 Å². The average Bonchev–Trinajstić information content (AvgIpc) is 3.41. The highest BCUT2D eigenvalue weighted by Gasteiger charge is 2.36. The van der Waals surface area contributed by atoms with E-state index in [9.17, 15) is 9.59 Å². The van der Waals surface area contributed by atoms with Crippen molar-refractivity contribution in [2.45, 2.75) is 25.3 Å². The lowest BCUT2D eigenvalue weighted by atomic mass is 10.1. The normalized spacial score (nSPS) is 19.8. The predicted octanol–water partition coefficient (Wildman–Crippen LogP) is 2.05. The number of nitriles is 1. The highest BCUT2D eigenvalue weighted by molar-refractivity contribution is 5.92. The molecule has 3 heterocycles. The van der Waals surface area contributed by atoms with E-state index in [1.54, 1.807) is 29.2 Å². The summed E-state index contributed by atoms with van der Waals surface area (Å²) in [4.78, 5) is 28.2. The fourth-order valence-corrected chi connectivity index (χ4v) is 3.65. The summed E-state index contributed by atoms with van der Waals surface area (Å²) in [5.41, 5.74) is 1.78. The van der Waals surface area contributed by atoms with E-state index in [2.05, 4.69) is 11.2 Å². The van der Waals surface area contributed by atoms with Gasteiger partial charge in [-0.3, -0.25) is 9.59 Å². The number of hydrogen-bond donors (Lipinski definition) is 0. The van der Waals surface area contributed by atoms with E-state index < -0.39 is 0 Å². The summed E-state index contributed by atoms with van der Waals surface area (Å²) in [6.45, 7) is 1.92. The van der Waals surface area contributed by atoms with Crippen molar-refractivity contribution in [3.8, 4) is 17.3 Å². The molecule has 0 bridgehead atoms. The number of likely N-dealkylation sites (tertiary alicyclic amines) is 2. The number of benzene rings is 1. The van der Waals surface area contributed by atoms with Crippen LogP contribution in [0.1, 0.15) is 35.4 Å². The monoisotopic (exact) mass is 350 g/mol. The SMILES string of the molecule is N#Cc1cccc(-c2cc(C(=O)N3CCC(N4CCCC4=O)C3)on2)c1. The molecule has 2 aromatic rings. The molecule has 2 fully saturated rings. The third-order valence-electron chi connectivity index (χ3n) is 5.01. The Morgan fingerprint density at radius 3 is 2.96 bits per heavy atom. The van der Waals surface area contributed by atoms with E-state index in [0.29, 0.717) is 30.8 Å². The van der Waals surface area contributed by atoms with Crippen LogP contribution in [-0.4, -0.2) is 52.4 Å². The van der Waals surface area contributed by atoms with Crippen LogP contribution >= 0.6 is 0 Å². The maximum atomic E-state index is 12.7. The van der Waals surface area contributed by atoms with Crippen LogP contribution in [0, 0.1) is 11.3 Å². The van der Waals surface area contributed by atoms with Gasteiger partial charge in [-0.05, 0) is 25.0 Å². The van der Waals surface area contributed by atoms with Crippen molar-refractivity contribution in [1.82, 2.24) is 15.0 Å². The number of hydrogen-bond acceptors (Lipinski definition) is 5. The first kappa shape index (κ1) is 16.3. The number of aromatic nitrogens is 1. The second-order valence-corrected chi connectivity index (χ2v) is 6.65. The first-order valence-corrected chi connectivity index (χ1v) is 8.72. The molecular weight excluding hydrogens is 332 g/mol. The molecule has 2 aliphatic heterocycles. The van der Waals surface area contributed by atoms with E-state index >= 15 is 0 Å². The van der Waals surface area contributed by atoms with Crippen LogP contribution in [0.5, 0.6) is 0 Å². The summed E-state index contributed by atoms with van der Waals surface area (Å²) in [6.07, 6.45) is 2.30. The van der Waals surface area contributed by atoms with Gasteiger partial charge in [0.05, 0.1) is 17.7 Å². The summed E-state index contributed by atoms with van der Waals surface area (Å²) >= 11 is 0. The molecule has 2 amide bonds. The number of amides is 2. The van der Waals surface area contributed by atoms with E-state index in [1.807, 2.05) is 11.0 Å². The Kier molecular flexibility index (Phi) is 4.17. The van der Waals surface area contributed by atoms with Gasteiger partial charge in [0.25, 0.3) is 5.91 Å². The van der Waals surface area contributed by atoms with Crippen molar-refractivity contribution in [1.29, 1.82) is 5.26 Å². The highest BCUT2D eigenvalue weighted by atomic mass is 16.5. The van der Waals surface area contributed by atoms with Gasteiger partial charge >= 0.3 is 0 Å². The summed E-state index contributed by atoms with van der Waals surface area (Å²) in [6, 6.07) is 10.8. The zero-order valence-electron chi connectivity index (χ0n) is 14.2. The van der Waals surface area contributed by atoms with Crippen molar-refractivity contribution >= 4 is 11.8 Å². The summed E-state index contributed by atoms with van der Waals surface area (Å²) < 4.78 is 5.24. The van der Waals surface area contributed by atoms with Crippen molar-refractivity contribution < 1.29 is 14.1 Å². The standard InChI is InChI=1S/C19H18N4O3/c20-11-13-3-1-4-14(9-13)16-10-17(26-21-16)19(25)22-8-6-15(12-22)23-7-2-5-18(23)24/h1,3-4,9-10,15H,2,5-8,12H2. The fourth-order valence-electron chi connectivity index (χ4n) is 3.65. The van der Waals surface area contributed by atoms with Crippen molar-refractivity contribution in [2.24, 2.45) is 0 Å². The van der Waals surface area contributed by atoms with Crippen LogP contribution in [0.15, 0.2) is 34.9 Å². The minimum absolute atomic E-state index is 0.101. The Morgan fingerprint density at radius 1 is 1.31 bits per heavy atom. The molecule has 2 saturated heterocycles. The van der Waals surface area contributed by atoms with Crippen LogP contribution in [0.4, 0.5) is 0 Å². The van der Waals surface area contributed by atoms with Gasteiger partial charge in [0.2, 0.25) is 11.7 Å². The number of carbonyl (C=O) groups is 2. The fraction of sp³-hybridized carbons (Fsp3) is 0.368. The molecule has 0 aliphatic carbocycles. The third-order valence-corrected chi connectivity index (χ3v) is 5.01. The largest absolute Gasteiger partial charge is 0.350 e. The Balaban J connectivity index is 1.47. The Hall–Kier alpha value is -3.14. The van der Waals surface area contributed by atoms with Gasteiger partial charge in [-0.15, -0.1) is 0 Å². The molecule has 7 nitrogen and oxygen atoms in total. The predicted molar refractivity (Wildman–Crippen MR) is 91.9 cm³/mol. The van der Waals surface area contributed by atoms with Crippen LogP contribution in [-0.2, 0) is 4.79 Å². The second kappa shape index (κ2) is 6.64. The summed E-state index contributed by atoms with van der Waals surface area (Å²) in [5.74, 6) is 0.147. The lowest BCUT2D eigenvalue weighted by Gasteiger charge is -2.23. The molecule has 4 rings (SSSR count). The number of rotatable bonds is 3.